The van der Waals surface area contributed by atoms with E-state index in [4.69, 9.17) is 0 Å². The highest BCUT2D eigenvalue weighted by Gasteiger charge is 2.48. The predicted octanol–water partition coefficient (Wildman–Crippen LogP) is 2.13. The molecule has 1 amide bonds. The minimum absolute atomic E-state index is 0.00391. The summed E-state index contributed by atoms with van der Waals surface area (Å²) >= 11 is 0. The lowest BCUT2D eigenvalue weighted by Gasteiger charge is -2.32. The van der Waals surface area contributed by atoms with Crippen LogP contribution >= 0.6 is 0 Å². The Hall–Kier alpha value is -2.70. The molecule has 2 aromatic rings. The zero-order valence-corrected chi connectivity index (χ0v) is 13.8. The highest BCUT2D eigenvalue weighted by atomic mass is 16.4. The van der Waals surface area contributed by atoms with Crippen LogP contribution in [0, 0.1) is 5.92 Å². The summed E-state index contributed by atoms with van der Waals surface area (Å²) in [4.78, 5) is 27.6. The van der Waals surface area contributed by atoms with Crippen molar-refractivity contribution in [1.29, 1.82) is 0 Å². The molecular weight excluding hydrogens is 320 g/mol. The standard InChI is InChI=1S/C18H20N4O3/c23-17(14-11-19-22(20-14)13-7-2-1-3-8-13)21-15-9-5-4-6-12(15)10-16(21)18(24)25/h1-3,7-8,11-12,15-16H,4-6,9-10H2,(H,24,25). The van der Waals surface area contributed by atoms with Crippen molar-refractivity contribution in [3.63, 3.8) is 0 Å². The largest absolute Gasteiger partial charge is 0.480 e. The molecule has 0 spiro atoms. The molecule has 3 atom stereocenters. The summed E-state index contributed by atoms with van der Waals surface area (Å²) in [5.41, 5.74) is 0.953. The number of likely N-dealkylation sites (tertiary alicyclic amines) is 1. The Kier molecular flexibility index (Phi) is 3.99. The number of carboxylic acids is 1. The third-order valence-corrected chi connectivity index (χ3v) is 5.31. The number of carboxylic acid groups (broad SMARTS) is 1. The average molecular weight is 340 g/mol. The van der Waals surface area contributed by atoms with Crippen molar-refractivity contribution in [3.8, 4) is 5.69 Å². The molecule has 0 radical (unpaired) electrons. The van der Waals surface area contributed by atoms with Gasteiger partial charge in [0.2, 0.25) is 0 Å². The highest BCUT2D eigenvalue weighted by Crippen LogP contribution is 2.40. The summed E-state index contributed by atoms with van der Waals surface area (Å²) in [6, 6.07) is 8.57. The van der Waals surface area contributed by atoms with E-state index >= 15 is 0 Å². The maximum Gasteiger partial charge on any atom is 0.326 e. The van der Waals surface area contributed by atoms with Crippen LogP contribution in [0.1, 0.15) is 42.6 Å². The summed E-state index contributed by atoms with van der Waals surface area (Å²) in [5, 5.41) is 18.0. The number of carbonyl (C=O) groups is 2. The second-order valence-corrected chi connectivity index (χ2v) is 6.77. The quantitative estimate of drug-likeness (QED) is 0.924. The number of para-hydroxylation sites is 1. The second kappa shape index (κ2) is 6.31. The van der Waals surface area contributed by atoms with Gasteiger partial charge in [0.05, 0.1) is 11.9 Å². The van der Waals surface area contributed by atoms with Crippen molar-refractivity contribution in [2.75, 3.05) is 0 Å². The molecular formula is C18H20N4O3. The van der Waals surface area contributed by atoms with E-state index in [0.717, 1.165) is 31.4 Å². The molecule has 1 saturated heterocycles. The van der Waals surface area contributed by atoms with Crippen molar-refractivity contribution >= 4 is 11.9 Å². The maximum atomic E-state index is 13.0. The highest BCUT2D eigenvalue weighted by molar-refractivity contribution is 5.95. The number of hydrogen-bond acceptors (Lipinski definition) is 4. The van der Waals surface area contributed by atoms with Gasteiger partial charge in [0.25, 0.3) is 5.91 Å². The van der Waals surface area contributed by atoms with E-state index in [1.54, 1.807) is 4.90 Å². The first-order valence-electron chi connectivity index (χ1n) is 8.68. The Morgan fingerprint density at radius 1 is 1.12 bits per heavy atom. The van der Waals surface area contributed by atoms with Gasteiger partial charge >= 0.3 is 5.97 Å². The Balaban J connectivity index is 1.63. The lowest BCUT2D eigenvalue weighted by Crippen LogP contribution is -2.46. The third kappa shape index (κ3) is 2.79. The van der Waals surface area contributed by atoms with E-state index in [2.05, 4.69) is 10.2 Å². The monoisotopic (exact) mass is 340 g/mol. The van der Waals surface area contributed by atoms with Crippen LogP contribution in [-0.2, 0) is 4.79 Å². The summed E-state index contributed by atoms with van der Waals surface area (Å²) in [6.45, 7) is 0. The molecule has 7 nitrogen and oxygen atoms in total. The van der Waals surface area contributed by atoms with Crippen molar-refractivity contribution < 1.29 is 14.7 Å². The van der Waals surface area contributed by atoms with Crippen LogP contribution in [0.4, 0.5) is 0 Å². The van der Waals surface area contributed by atoms with Gasteiger partial charge in [-0.05, 0) is 37.3 Å². The molecule has 3 unspecified atom stereocenters. The summed E-state index contributed by atoms with van der Waals surface area (Å²) < 4.78 is 0. The molecule has 2 aliphatic rings. The molecule has 25 heavy (non-hydrogen) atoms. The normalized spacial score (nSPS) is 25.6. The van der Waals surface area contributed by atoms with E-state index in [9.17, 15) is 14.7 Å². The summed E-state index contributed by atoms with van der Waals surface area (Å²) in [7, 11) is 0. The first kappa shape index (κ1) is 15.8. The van der Waals surface area contributed by atoms with E-state index in [-0.39, 0.29) is 23.6 Å². The molecule has 4 rings (SSSR count). The SMILES string of the molecule is O=C(O)C1CC2CCCCC2N1C(=O)c1cnn(-c2ccccc2)n1. The van der Waals surface area contributed by atoms with E-state index < -0.39 is 12.0 Å². The van der Waals surface area contributed by atoms with Crippen molar-refractivity contribution in [3.05, 3.63) is 42.2 Å². The predicted molar refractivity (Wildman–Crippen MR) is 89.3 cm³/mol. The van der Waals surface area contributed by atoms with Gasteiger partial charge in [0.15, 0.2) is 5.69 Å². The lowest BCUT2D eigenvalue weighted by molar-refractivity contribution is -0.141. The first-order valence-corrected chi connectivity index (χ1v) is 8.68. The van der Waals surface area contributed by atoms with Gasteiger partial charge in [-0.1, -0.05) is 31.0 Å². The number of amides is 1. The van der Waals surface area contributed by atoms with Crippen molar-refractivity contribution in [2.45, 2.75) is 44.2 Å². The molecule has 1 aromatic carbocycles. The minimum atomic E-state index is -0.932. The fourth-order valence-corrected chi connectivity index (χ4v) is 4.15. The smallest absolute Gasteiger partial charge is 0.326 e. The first-order chi connectivity index (χ1) is 12.1. The molecule has 1 aliphatic heterocycles. The fraction of sp³-hybridized carbons (Fsp3) is 0.444. The number of nitrogens with zero attached hydrogens (tertiary/aromatic N) is 4. The number of aliphatic carboxylic acids is 1. The van der Waals surface area contributed by atoms with Gasteiger partial charge in [-0.2, -0.15) is 9.90 Å². The van der Waals surface area contributed by atoms with Crippen LogP contribution in [0.25, 0.3) is 5.69 Å². The van der Waals surface area contributed by atoms with Crippen molar-refractivity contribution in [2.24, 2.45) is 5.92 Å². The van der Waals surface area contributed by atoms with Gasteiger partial charge in [0.1, 0.15) is 6.04 Å². The van der Waals surface area contributed by atoms with Crippen LogP contribution < -0.4 is 0 Å². The maximum absolute atomic E-state index is 13.0. The average Bonchev–Trinajstić information content (AvgIpc) is 3.27. The van der Waals surface area contributed by atoms with Crippen LogP contribution in [0.5, 0.6) is 0 Å². The number of rotatable bonds is 3. The molecule has 130 valence electrons. The van der Waals surface area contributed by atoms with E-state index in [1.165, 1.54) is 11.0 Å². The van der Waals surface area contributed by atoms with Crippen LogP contribution in [-0.4, -0.2) is 49.0 Å². The Morgan fingerprint density at radius 2 is 1.88 bits per heavy atom. The summed E-state index contributed by atoms with van der Waals surface area (Å²) in [5.74, 6) is -0.981. The number of carbonyl (C=O) groups excluding carboxylic acids is 1. The van der Waals surface area contributed by atoms with Gasteiger partial charge in [0, 0.05) is 6.04 Å². The van der Waals surface area contributed by atoms with Gasteiger partial charge in [-0.25, -0.2) is 4.79 Å². The topological polar surface area (TPSA) is 88.3 Å². The van der Waals surface area contributed by atoms with Crippen LogP contribution in [0.2, 0.25) is 0 Å². The summed E-state index contributed by atoms with van der Waals surface area (Å²) in [6.07, 6.45) is 5.97. The van der Waals surface area contributed by atoms with Crippen LogP contribution in [0.15, 0.2) is 36.5 Å². The van der Waals surface area contributed by atoms with Gasteiger partial charge < -0.3 is 10.0 Å². The van der Waals surface area contributed by atoms with Crippen molar-refractivity contribution in [1.82, 2.24) is 19.9 Å². The molecule has 7 heteroatoms. The van der Waals surface area contributed by atoms with Gasteiger partial charge in [-0.15, -0.1) is 5.10 Å². The molecule has 2 heterocycles. The Morgan fingerprint density at radius 3 is 2.64 bits per heavy atom. The van der Waals surface area contributed by atoms with Gasteiger partial charge in [-0.3, -0.25) is 4.79 Å². The minimum Gasteiger partial charge on any atom is -0.480 e. The Bertz CT molecular complexity index is 789. The zero-order valence-electron chi connectivity index (χ0n) is 13.8. The Labute approximate surface area is 145 Å². The number of hydrogen-bond donors (Lipinski definition) is 1. The molecule has 2 fully saturated rings. The molecule has 1 N–H and O–H groups in total. The second-order valence-electron chi connectivity index (χ2n) is 6.77. The fourth-order valence-electron chi connectivity index (χ4n) is 4.15. The van der Waals surface area contributed by atoms with Crippen LogP contribution in [0.3, 0.4) is 0 Å². The number of fused-ring (bicyclic) bond motifs is 1. The number of benzene rings is 1. The van der Waals surface area contributed by atoms with E-state index in [0.29, 0.717) is 6.42 Å². The number of aromatic nitrogens is 3. The zero-order chi connectivity index (χ0) is 17.4. The van der Waals surface area contributed by atoms with E-state index in [1.807, 2.05) is 30.3 Å². The molecule has 1 aliphatic carbocycles. The molecule has 1 aromatic heterocycles. The lowest BCUT2D eigenvalue weighted by atomic mass is 9.84. The third-order valence-electron chi connectivity index (χ3n) is 5.31. The molecule has 0 bridgehead atoms. The molecule has 1 saturated carbocycles.